The Labute approximate surface area is 212 Å². The van der Waals surface area contributed by atoms with Gasteiger partial charge in [-0.1, -0.05) is 19.4 Å². The monoisotopic (exact) mass is 484 g/mol. The van der Waals surface area contributed by atoms with Crippen LogP contribution in [0.15, 0.2) is 11.6 Å². The molecule has 0 heterocycles. The molecule has 0 spiro atoms. The number of carbonyl (C=O) groups excluding carboxylic acids is 2. The van der Waals surface area contributed by atoms with Crippen LogP contribution >= 0.6 is 0 Å². The summed E-state index contributed by atoms with van der Waals surface area (Å²) in [6.07, 6.45) is 5.74. The summed E-state index contributed by atoms with van der Waals surface area (Å²) in [5.74, 6) is 0.140. The van der Waals surface area contributed by atoms with Crippen LogP contribution in [0.1, 0.15) is 60.2 Å². The van der Waals surface area contributed by atoms with Crippen LogP contribution in [0, 0.1) is 28.6 Å². The first-order valence-electron chi connectivity index (χ1n) is 10.7. The average Bonchev–Trinajstić information content (AvgIpc) is 2.91. The summed E-state index contributed by atoms with van der Waals surface area (Å²) in [6, 6.07) is 0. The molecule has 4 aliphatic carbocycles. The first kappa shape index (κ1) is 28.1. The summed E-state index contributed by atoms with van der Waals surface area (Å²) in [6.45, 7) is 3.46. The Morgan fingerprint density at radius 2 is 1.78 bits per heavy atom. The molecule has 0 unspecified atom stereocenters. The van der Waals surface area contributed by atoms with Gasteiger partial charge in [0.15, 0.2) is 11.6 Å². The smallest absolute Gasteiger partial charge is 1.00 e. The Balaban J connectivity index is 0.000000707. The van der Waals surface area contributed by atoms with E-state index >= 15 is 0 Å². The standard InChI is InChI=1S/C21H30O5.Na.H2O4S.H/c1-19-7-5-13(23)9-12(19)3-4-14-15-6-8-21(26,17(25)11-22)20(15,2)10-16(24)18(14)19;;1-5(2,3)4;/h9,14-16,18,22,24,26H,3-8,10-11H2,1-2H3;;(H2,1,2,3,4);/q;+1;;-1/t14-,15-,16-,18+,19-,20-,21-;;;/m0.../s1. The largest absolute Gasteiger partial charge is 1.00 e. The van der Waals surface area contributed by atoms with Crippen LogP contribution in [-0.4, -0.2) is 62.7 Å². The summed E-state index contributed by atoms with van der Waals surface area (Å²) in [4.78, 5) is 24.3. The van der Waals surface area contributed by atoms with Gasteiger partial charge < -0.3 is 16.7 Å². The van der Waals surface area contributed by atoms with E-state index in [-0.39, 0.29) is 59.9 Å². The minimum Gasteiger partial charge on any atom is -1.00 e. The number of rotatable bonds is 2. The predicted octanol–water partition coefficient (Wildman–Crippen LogP) is -1.75. The number of carbonyl (C=O) groups is 2. The van der Waals surface area contributed by atoms with Gasteiger partial charge in [-0.05, 0) is 67.8 Å². The van der Waals surface area contributed by atoms with Crippen LogP contribution in [-0.2, 0) is 20.0 Å². The van der Waals surface area contributed by atoms with Crippen molar-refractivity contribution in [3.63, 3.8) is 0 Å². The zero-order valence-corrected chi connectivity index (χ0v) is 21.6. The molecule has 0 aromatic rings. The molecule has 4 aliphatic rings. The van der Waals surface area contributed by atoms with Crippen molar-refractivity contribution in [1.29, 1.82) is 0 Å². The van der Waals surface area contributed by atoms with E-state index in [0.29, 0.717) is 19.3 Å². The van der Waals surface area contributed by atoms with Crippen molar-refractivity contribution in [2.75, 3.05) is 6.61 Å². The first-order valence-corrected chi connectivity index (χ1v) is 12.1. The summed E-state index contributed by atoms with van der Waals surface area (Å²) in [5, 5.41) is 31.7. The molecule has 0 bridgehead atoms. The van der Waals surface area contributed by atoms with Crippen LogP contribution in [0.5, 0.6) is 0 Å². The van der Waals surface area contributed by atoms with Crippen molar-refractivity contribution in [3.8, 4) is 0 Å². The third kappa shape index (κ3) is 4.67. The zero-order chi connectivity index (χ0) is 23.4. The number of ketones is 2. The minimum atomic E-state index is -4.67. The third-order valence-corrected chi connectivity index (χ3v) is 8.65. The number of aliphatic hydroxyl groups is 3. The number of hydrogen-bond donors (Lipinski definition) is 5. The Bertz CT molecular complexity index is 901. The maximum atomic E-state index is 12.4. The molecule has 3 fully saturated rings. The van der Waals surface area contributed by atoms with Gasteiger partial charge in [-0.15, -0.1) is 0 Å². The maximum absolute atomic E-state index is 12.4. The molecule has 0 aromatic carbocycles. The van der Waals surface area contributed by atoms with Gasteiger partial charge in [0.2, 0.25) is 0 Å². The minimum absolute atomic E-state index is 0. The van der Waals surface area contributed by atoms with Gasteiger partial charge in [-0.3, -0.25) is 18.7 Å². The topological polar surface area (TPSA) is 169 Å². The van der Waals surface area contributed by atoms with Gasteiger partial charge in [-0.25, -0.2) is 0 Å². The van der Waals surface area contributed by atoms with Crippen molar-refractivity contribution in [2.45, 2.75) is 70.5 Å². The second kappa shape index (κ2) is 9.47. The summed E-state index contributed by atoms with van der Waals surface area (Å²) < 4.78 is 31.6. The van der Waals surface area contributed by atoms with E-state index < -0.39 is 39.9 Å². The van der Waals surface area contributed by atoms with Crippen LogP contribution in [0.2, 0.25) is 0 Å². The quantitative estimate of drug-likeness (QED) is 0.225. The molecule has 178 valence electrons. The van der Waals surface area contributed by atoms with E-state index in [1.165, 1.54) is 5.57 Å². The Morgan fingerprint density at radius 1 is 1.19 bits per heavy atom. The van der Waals surface area contributed by atoms with Crippen LogP contribution < -0.4 is 29.6 Å². The van der Waals surface area contributed by atoms with Gasteiger partial charge in [0.05, 0.1) is 6.10 Å². The van der Waals surface area contributed by atoms with Gasteiger partial charge in [0.1, 0.15) is 12.2 Å². The van der Waals surface area contributed by atoms with E-state index in [2.05, 4.69) is 6.92 Å². The summed E-state index contributed by atoms with van der Waals surface area (Å²) >= 11 is 0. The molecular formula is C21H33NaO9S. The fourth-order valence-electron chi connectivity index (χ4n) is 7.28. The number of aliphatic hydroxyl groups excluding tert-OH is 2. The van der Waals surface area contributed by atoms with E-state index in [1.54, 1.807) is 6.08 Å². The molecule has 5 N–H and O–H groups in total. The molecule has 32 heavy (non-hydrogen) atoms. The van der Waals surface area contributed by atoms with Crippen LogP contribution in [0.25, 0.3) is 0 Å². The number of Topliss-reactive ketones (excluding diaryl/α,β-unsaturated/α-hetero) is 1. The molecule has 0 saturated heterocycles. The molecule has 0 amide bonds. The number of hydrogen-bond acceptors (Lipinski definition) is 7. The fraction of sp³-hybridized carbons (Fsp3) is 0.810. The van der Waals surface area contributed by atoms with Crippen LogP contribution in [0.4, 0.5) is 0 Å². The van der Waals surface area contributed by atoms with Crippen LogP contribution in [0.3, 0.4) is 0 Å². The van der Waals surface area contributed by atoms with E-state index in [1.807, 2.05) is 6.92 Å². The molecule has 0 radical (unpaired) electrons. The molecule has 11 heteroatoms. The number of allylic oxidation sites excluding steroid dienone is 1. The first-order chi connectivity index (χ1) is 14.2. The molecule has 4 rings (SSSR count). The number of fused-ring (bicyclic) bond motifs is 5. The third-order valence-electron chi connectivity index (χ3n) is 8.65. The van der Waals surface area contributed by atoms with E-state index in [0.717, 1.165) is 25.7 Å². The summed E-state index contributed by atoms with van der Waals surface area (Å²) in [5.41, 5.74) is -1.23. The van der Waals surface area contributed by atoms with Gasteiger partial charge in [0.25, 0.3) is 0 Å². The SMILES string of the molecule is C[C@]12CCC(=O)C=C1CC[C@@H]1[C@@H]2[C@@H](O)C[C@@]2(C)[C@H]1CC[C@]2(O)C(=O)CO.O=S(=O)(O)O.[H-].[Na+]. The molecule has 7 atom stereocenters. The average molecular weight is 485 g/mol. The van der Waals surface area contributed by atoms with E-state index in [4.69, 9.17) is 17.5 Å². The molecule has 9 nitrogen and oxygen atoms in total. The Morgan fingerprint density at radius 3 is 2.34 bits per heavy atom. The van der Waals surface area contributed by atoms with Crippen molar-refractivity contribution in [1.82, 2.24) is 0 Å². The molecule has 3 saturated carbocycles. The Kier molecular flexibility index (Phi) is 8.30. The van der Waals surface area contributed by atoms with Gasteiger partial charge >= 0.3 is 40.0 Å². The molecular weight excluding hydrogens is 451 g/mol. The second-order valence-electron chi connectivity index (χ2n) is 10.0. The zero-order valence-electron chi connectivity index (χ0n) is 19.8. The Hall–Kier alpha value is -0.170. The molecule has 0 aromatic heterocycles. The second-order valence-corrected chi connectivity index (χ2v) is 10.9. The van der Waals surface area contributed by atoms with Gasteiger partial charge in [0, 0.05) is 11.8 Å². The summed E-state index contributed by atoms with van der Waals surface area (Å²) in [7, 11) is -4.67. The van der Waals surface area contributed by atoms with Gasteiger partial charge in [-0.2, -0.15) is 8.42 Å². The fourth-order valence-corrected chi connectivity index (χ4v) is 7.28. The molecule has 0 aliphatic heterocycles. The maximum Gasteiger partial charge on any atom is 1.00 e. The predicted molar refractivity (Wildman–Crippen MR) is 110 cm³/mol. The van der Waals surface area contributed by atoms with Crippen molar-refractivity contribution in [2.24, 2.45) is 28.6 Å². The van der Waals surface area contributed by atoms with Crippen molar-refractivity contribution in [3.05, 3.63) is 11.6 Å². The van der Waals surface area contributed by atoms with Crippen molar-refractivity contribution >= 4 is 22.0 Å². The van der Waals surface area contributed by atoms with Crippen molar-refractivity contribution < 1.29 is 73.4 Å². The normalized spacial score (nSPS) is 42.8. The van der Waals surface area contributed by atoms with E-state index in [9.17, 15) is 24.9 Å².